The second-order valence-electron chi connectivity index (χ2n) is 6.71. The van der Waals surface area contributed by atoms with Crippen LogP contribution in [0.25, 0.3) is 11.0 Å². The molecule has 3 aromatic rings. The molecule has 8 nitrogen and oxygen atoms in total. The number of aromatic amines is 1. The van der Waals surface area contributed by atoms with Crippen LogP contribution < -0.4 is 10.2 Å². The summed E-state index contributed by atoms with van der Waals surface area (Å²) in [5.74, 6) is 2.74. The fourth-order valence-electron chi connectivity index (χ4n) is 3.39. The molecule has 1 aliphatic heterocycles. The second-order valence-corrected chi connectivity index (χ2v) is 6.71. The average Bonchev–Trinajstić information content (AvgIpc) is 3.17. The molecule has 0 spiro atoms. The van der Waals surface area contributed by atoms with E-state index in [-0.39, 0.29) is 0 Å². The minimum atomic E-state index is 0.699. The maximum absolute atomic E-state index is 4.82. The molecule has 146 valence electrons. The van der Waals surface area contributed by atoms with Crippen molar-refractivity contribution in [3.8, 4) is 0 Å². The molecule has 28 heavy (non-hydrogen) atoms. The molecule has 0 radical (unpaired) electrons. The van der Waals surface area contributed by atoms with Gasteiger partial charge in [0.1, 0.15) is 5.82 Å². The smallest absolute Gasteiger partial charge is 0.225 e. The van der Waals surface area contributed by atoms with E-state index in [1.165, 1.54) is 0 Å². The van der Waals surface area contributed by atoms with Gasteiger partial charge in [-0.15, -0.1) is 0 Å². The largest absolute Gasteiger partial charge is 0.357 e. The van der Waals surface area contributed by atoms with Crippen molar-refractivity contribution < 1.29 is 0 Å². The highest BCUT2D eigenvalue weighted by Crippen LogP contribution is 2.11. The second kappa shape index (κ2) is 8.69. The first-order chi connectivity index (χ1) is 13.8. The van der Waals surface area contributed by atoms with Gasteiger partial charge in [-0.2, -0.15) is 0 Å². The summed E-state index contributed by atoms with van der Waals surface area (Å²) in [5, 5.41) is 3.42. The molecule has 8 heteroatoms. The van der Waals surface area contributed by atoms with Crippen molar-refractivity contribution in [3.63, 3.8) is 0 Å². The van der Waals surface area contributed by atoms with Gasteiger partial charge in [-0.25, -0.2) is 15.0 Å². The number of nitrogens with zero attached hydrogens (tertiary/aromatic N) is 6. The van der Waals surface area contributed by atoms with Crippen LogP contribution in [0.1, 0.15) is 12.7 Å². The lowest BCUT2D eigenvalue weighted by atomic mass is 10.3. The number of H-pyrrole nitrogens is 1. The number of guanidine groups is 1. The number of aliphatic imine (C=N–C) groups is 1. The molecular weight excluding hydrogens is 352 g/mol. The van der Waals surface area contributed by atoms with E-state index in [4.69, 9.17) is 4.99 Å². The Hall–Kier alpha value is -3.16. The Bertz CT molecular complexity index is 879. The van der Waals surface area contributed by atoms with Crippen LogP contribution in [-0.4, -0.2) is 70.1 Å². The molecular formula is C20H26N8. The fourth-order valence-corrected chi connectivity index (χ4v) is 3.39. The van der Waals surface area contributed by atoms with Gasteiger partial charge in [-0.3, -0.25) is 4.99 Å². The normalized spacial score (nSPS) is 15.2. The first kappa shape index (κ1) is 18.2. The predicted molar refractivity (Wildman–Crippen MR) is 112 cm³/mol. The van der Waals surface area contributed by atoms with Crippen molar-refractivity contribution in [2.75, 3.05) is 44.2 Å². The molecule has 4 rings (SSSR count). The number of rotatable bonds is 5. The predicted octanol–water partition coefficient (Wildman–Crippen LogP) is 1.68. The number of fused-ring (bicyclic) bond motifs is 1. The van der Waals surface area contributed by atoms with E-state index < -0.39 is 0 Å². The maximum atomic E-state index is 4.82. The van der Waals surface area contributed by atoms with Crippen LogP contribution in [0.2, 0.25) is 0 Å². The fraction of sp³-hybridized carbons (Fsp3) is 0.400. The Kier molecular flexibility index (Phi) is 5.65. The Morgan fingerprint density at radius 2 is 1.89 bits per heavy atom. The van der Waals surface area contributed by atoms with E-state index in [0.717, 1.165) is 67.9 Å². The van der Waals surface area contributed by atoms with E-state index >= 15 is 0 Å². The zero-order valence-corrected chi connectivity index (χ0v) is 16.2. The summed E-state index contributed by atoms with van der Waals surface area (Å²) in [6, 6.07) is 9.95. The lowest BCUT2D eigenvalue weighted by Gasteiger charge is -2.36. The van der Waals surface area contributed by atoms with Gasteiger partial charge in [-0.1, -0.05) is 12.1 Å². The van der Waals surface area contributed by atoms with Gasteiger partial charge in [-0.05, 0) is 25.1 Å². The molecule has 0 amide bonds. The van der Waals surface area contributed by atoms with Gasteiger partial charge in [0, 0.05) is 58.1 Å². The molecule has 3 heterocycles. The first-order valence-electron chi connectivity index (χ1n) is 9.82. The number of imidazole rings is 1. The molecule has 0 bridgehead atoms. The summed E-state index contributed by atoms with van der Waals surface area (Å²) in [4.78, 5) is 26.0. The Labute approximate surface area is 164 Å². The van der Waals surface area contributed by atoms with E-state index in [1.807, 2.05) is 24.3 Å². The summed E-state index contributed by atoms with van der Waals surface area (Å²) in [7, 11) is 0. The SMILES string of the molecule is CCNC(=NCCc1nc2ccccc2[nH]1)N1CCN(c2ncccn2)CC1. The third-order valence-electron chi connectivity index (χ3n) is 4.80. The van der Waals surface area contributed by atoms with Gasteiger partial charge >= 0.3 is 0 Å². The number of nitrogens with one attached hydrogen (secondary N) is 2. The van der Waals surface area contributed by atoms with Crippen LogP contribution in [0.3, 0.4) is 0 Å². The molecule has 0 aliphatic carbocycles. The van der Waals surface area contributed by atoms with Crippen LogP contribution in [0, 0.1) is 0 Å². The summed E-state index contributed by atoms with van der Waals surface area (Å²) >= 11 is 0. The average molecular weight is 378 g/mol. The zero-order chi connectivity index (χ0) is 19.2. The molecule has 1 saturated heterocycles. The zero-order valence-electron chi connectivity index (χ0n) is 16.2. The van der Waals surface area contributed by atoms with Crippen LogP contribution in [-0.2, 0) is 6.42 Å². The Morgan fingerprint density at radius 3 is 2.64 bits per heavy atom. The molecule has 2 N–H and O–H groups in total. The monoisotopic (exact) mass is 378 g/mol. The van der Waals surface area contributed by atoms with Crippen LogP contribution in [0.5, 0.6) is 0 Å². The highest BCUT2D eigenvalue weighted by molar-refractivity contribution is 5.80. The third-order valence-corrected chi connectivity index (χ3v) is 4.80. The van der Waals surface area contributed by atoms with Gasteiger partial charge < -0.3 is 20.1 Å². The number of piperazine rings is 1. The number of anilines is 1. The van der Waals surface area contributed by atoms with Crippen molar-refractivity contribution in [2.45, 2.75) is 13.3 Å². The summed E-state index contributed by atoms with van der Waals surface area (Å²) in [5.41, 5.74) is 2.08. The van der Waals surface area contributed by atoms with Crippen molar-refractivity contribution >= 4 is 22.9 Å². The Morgan fingerprint density at radius 1 is 1.11 bits per heavy atom. The number of benzene rings is 1. The maximum Gasteiger partial charge on any atom is 0.225 e. The van der Waals surface area contributed by atoms with Crippen molar-refractivity contribution in [1.29, 1.82) is 0 Å². The number of para-hydroxylation sites is 2. The number of hydrogen-bond acceptors (Lipinski definition) is 5. The van der Waals surface area contributed by atoms with E-state index in [2.05, 4.69) is 48.0 Å². The van der Waals surface area contributed by atoms with E-state index in [1.54, 1.807) is 12.4 Å². The first-order valence-corrected chi connectivity index (χ1v) is 9.82. The highest BCUT2D eigenvalue weighted by atomic mass is 15.4. The van der Waals surface area contributed by atoms with Gasteiger partial charge in [0.15, 0.2) is 5.96 Å². The van der Waals surface area contributed by atoms with Crippen molar-refractivity contribution in [1.82, 2.24) is 30.2 Å². The van der Waals surface area contributed by atoms with Crippen LogP contribution in [0.15, 0.2) is 47.7 Å². The minimum Gasteiger partial charge on any atom is -0.357 e. The molecule has 0 saturated carbocycles. The Balaban J connectivity index is 1.35. The minimum absolute atomic E-state index is 0.699. The highest BCUT2D eigenvalue weighted by Gasteiger charge is 2.21. The van der Waals surface area contributed by atoms with Gasteiger partial charge in [0.25, 0.3) is 0 Å². The van der Waals surface area contributed by atoms with Crippen molar-refractivity contribution in [2.24, 2.45) is 4.99 Å². The third kappa shape index (κ3) is 4.21. The molecule has 1 fully saturated rings. The lowest BCUT2D eigenvalue weighted by Crippen LogP contribution is -2.53. The molecule has 0 unspecified atom stereocenters. The summed E-state index contributed by atoms with van der Waals surface area (Å²) in [6.07, 6.45) is 4.37. The number of aromatic nitrogens is 4. The van der Waals surface area contributed by atoms with E-state index in [0.29, 0.717) is 6.54 Å². The topological polar surface area (TPSA) is 85.3 Å². The summed E-state index contributed by atoms with van der Waals surface area (Å²) in [6.45, 7) is 7.22. The molecule has 1 aliphatic rings. The van der Waals surface area contributed by atoms with Crippen LogP contribution in [0.4, 0.5) is 5.95 Å². The summed E-state index contributed by atoms with van der Waals surface area (Å²) < 4.78 is 0. The van der Waals surface area contributed by atoms with E-state index in [9.17, 15) is 0 Å². The quantitative estimate of drug-likeness (QED) is 0.519. The van der Waals surface area contributed by atoms with Gasteiger partial charge in [0.05, 0.1) is 11.0 Å². The van der Waals surface area contributed by atoms with Crippen LogP contribution >= 0.6 is 0 Å². The van der Waals surface area contributed by atoms with Gasteiger partial charge in [0.2, 0.25) is 5.95 Å². The molecule has 1 aromatic carbocycles. The standard InChI is InChI=1S/C20H26N8/c1-2-21-19(24-11-8-18-25-16-6-3-4-7-17(16)26-18)27-12-14-28(15-13-27)20-22-9-5-10-23-20/h3-7,9-10H,2,8,11-15H2,1H3,(H,21,24)(H,25,26). The number of hydrogen-bond donors (Lipinski definition) is 2. The van der Waals surface area contributed by atoms with Crippen molar-refractivity contribution in [3.05, 3.63) is 48.5 Å². The molecule has 2 aromatic heterocycles. The molecule has 0 atom stereocenters. The lowest BCUT2D eigenvalue weighted by molar-refractivity contribution is 0.370.